The second-order valence-electron chi connectivity index (χ2n) is 1.82. The summed E-state index contributed by atoms with van der Waals surface area (Å²) in [6, 6.07) is 1.94. The molecule has 3 nitrogen and oxygen atoms in total. The number of nitriles is 1. The maximum absolute atomic E-state index is 8.35. The lowest BCUT2D eigenvalue weighted by molar-refractivity contribution is 0.0924. The third-order valence-corrected chi connectivity index (χ3v) is 1.06. The van der Waals surface area contributed by atoms with Gasteiger partial charge in [-0.05, 0) is 6.92 Å². The molecule has 1 fully saturated rings. The average Bonchev–Trinajstić information content (AvgIpc) is 2.17. The molecule has 1 aliphatic heterocycles. The summed E-state index contributed by atoms with van der Waals surface area (Å²) in [7, 11) is 0. The molecule has 0 amide bonds. The van der Waals surface area contributed by atoms with E-state index in [2.05, 4.69) is 12.2 Å². The van der Waals surface area contributed by atoms with Crippen LogP contribution in [0.5, 0.6) is 0 Å². The fourth-order valence-corrected chi connectivity index (χ4v) is 0.565. The Kier molecular flexibility index (Phi) is 1.20. The molecule has 0 spiro atoms. The van der Waals surface area contributed by atoms with Gasteiger partial charge in [0.25, 0.3) is 0 Å². The molecular formula is C5H7N2O. The molecule has 0 aromatic heterocycles. The molecule has 1 rings (SSSR count). The fourth-order valence-electron chi connectivity index (χ4n) is 0.565. The molecule has 0 aliphatic carbocycles. The van der Waals surface area contributed by atoms with Crippen molar-refractivity contribution in [3.63, 3.8) is 0 Å². The minimum absolute atomic E-state index is 0.442. The molecule has 0 bridgehead atoms. The van der Waals surface area contributed by atoms with Crippen LogP contribution < -0.4 is 5.32 Å². The van der Waals surface area contributed by atoms with Crippen molar-refractivity contribution in [2.45, 2.75) is 5.60 Å². The quantitative estimate of drug-likeness (QED) is 0.465. The molecule has 1 aliphatic rings. The van der Waals surface area contributed by atoms with E-state index < -0.39 is 5.60 Å². The first-order valence-corrected chi connectivity index (χ1v) is 2.38. The van der Waals surface area contributed by atoms with Crippen LogP contribution in [-0.4, -0.2) is 18.9 Å². The summed E-state index contributed by atoms with van der Waals surface area (Å²) in [5, 5.41) is 11.2. The number of ether oxygens (including phenoxy) is 1. The van der Waals surface area contributed by atoms with Gasteiger partial charge < -0.3 is 4.74 Å². The first-order valence-electron chi connectivity index (χ1n) is 2.38. The maximum atomic E-state index is 8.35. The van der Waals surface area contributed by atoms with Gasteiger partial charge in [0, 0.05) is 6.54 Å². The maximum Gasteiger partial charge on any atom is 0.168 e. The van der Waals surface area contributed by atoms with E-state index in [1.54, 1.807) is 0 Å². The average molecular weight is 111 g/mol. The van der Waals surface area contributed by atoms with E-state index in [0.29, 0.717) is 13.3 Å². The predicted octanol–water partition coefficient (Wildman–Crippen LogP) is -0.340. The van der Waals surface area contributed by atoms with Crippen LogP contribution in [0.2, 0.25) is 0 Å². The van der Waals surface area contributed by atoms with E-state index in [0.717, 1.165) is 0 Å². The summed E-state index contributed by atoms with van der Waals surface area (Å²) in [5.41, 5.74) is -0.819. The number of nitrogens with zero attached hydrogens (tertiary/aromatic N) is 1. The Morgan fingerprint density at radius 1 is 1.88 bits per heavy atom. The Balaban J connectivity index is 2.56. The highest BCUT2D eigenvalue weighted by Crippen LogP contribution is 2.09. The topological polar surface area (TPSA) is 45.0 Å². The van der Waals surface area contributed by atoms with E-state index in [-0.39, 0.29) is 0 Å². The predicted molar refractivity (Wildman–Crippen MR) is 27.7 cm³/mol. The molecule has 8 heavy (non-hydrogen) atoms. The lowest BCUT2D eigenvalue weighted by Crippen LogP contribution is -2.26. The van der Waals surface area contributed by atoms with Gasteiger partial charge in [-0.25, -0.2) is 0 Å². The summed E-state index contributed by atoms with van der Waals surface area (Å²) < 4.78 is 4.91. The minimum atomic E-state index is -0.819. The molecule has 1 atom stereocenters. The van der Waals surface area contributed by atoms with Gasteiger partial charge in [-0.15, -0.1) is 0 Å². The van der Waals surface area contributed by atoms with Crippen LogP contribution in [0.3, 0.4) is 0 Å². The standard InChI is InChI=1S/C5H7N2O/c1-5(2-6)3-7-4-8-5/h7H,1,3-4H2. The third-order valence-electron chi connectivity index (χ3n) is 1.06. The molecule has 0 aromatic rings. The Hall–Kier alpha value is -0.590. The highest BCUT2D eigenvalue weighted by atomic mass is 16.5. The largest absolute Gasteiger partial charge is 0.344 e. The Labute approximate surface area is 48.2 Å². The molecule has 1 radical (unpaired) electrons. The molecule has 0 aromatic carbocycles. The van der Waals surface area contributed by atoms with Crippen LogP contribution >= 0.6 is 0 Å². The SMILES string of the molecule is [CH2]C1(C#N)CNCO1. The number of rotatable bonds is 0. The van der Waals surface area contributed by atoms with Crippen molar-refractivity contribution in [1.29, 1.82) is 5.26 Å². The van der Waals surface area contributed by atoms with Crippen LogP contribution in [0.25, 0.3) is 0 Å². The summed E-state index contributed by atoms with van der Waals surface area (Å²) in [6.45, 7) is 4.51. The van der Waals surface area contributed by atoms with Crippen molar-refractivity contribution in [3.8, 4) is 6.07 Å². The first kappa shape index (κ1) is 5.54. The molecular weight excluding hydrogens is 104 g/mol. The van der Waals surface area contributed by atoms with E-state index in [4.69, 9.17) is 10.00 Å². The smallest absolute Gasteiger partial charge is 0.168 e. The molecule has 3 heteroatoms. The van der Waals surface area contributed by atoms with Crippen molar-refractivity contribution in [2.24, 2.45) is 0 Å². The third kappa shape index (κ3) is 0.808. The van der Waals surface area contributed by atoms with Crippen molar-refractivity contribution in [2.75, 3.05) is 13.3 Å². The highest BCUT2D eigenvalue weighted by Gasteiger charge is 2.28. The van der Waals surface area contributed by atoms with E-state index >= 15 is 0 Å². The van der Waals surface area contributed by atoms with E-state index in [9.17, 15) is 0 Å². The van der Waals surface area contributed by atoms with Crippen LogP contribution in [-0.2, 0) is 4.74 Å². The number of nitrogens with one attached hydrogen (secondary N) is 1. The Morgan fingerprint density at radius 3 is 2.88 bits per heavy atom. The zero-order valence-corrected chi connectivity index (χ0v) is 4.48. The first-order chi connectivity index (χ1) is 3.77. The van der Waals surface area contributed by atoms with E-state index in [1.165, 1.54) is 0 Å². The van der Waals surface area contributed by atoms with Crippen LogP contribution in [0.1, 0.15) is 0 Å². The summed E-state index contributed by atoms with van der Waals surface area (Å²) in [5.74, 6) is 0. The van der Waals surface area contributed by atoms with Crippen molar-refractivity contribution in [3.05, 3.63) is 6.92 Å². The van der Waals surface area contributed by atoms with Crippen molar-refractivity contribution < 1.29 is 4.74 Å². The zero-order chi connectivity index (χ0) is 6.04. The summed E-state index contributed by atoms with van der Waals surface area (Å²) in [4.78, 5) is 0. The van der Waals surface area contributed by atoms with Gasteiger partial charge in [0.2, 0.25) is 0 Å². The summed E-state index contributed by atoms with van der Waals surface area (Å²) >= 11 is 0. The van der Waals surface area contributed by atoms with Gasteiger partial charge in [0.15, 0.2) is 5.60 Å². The lowest BCUT2D eigenvalue weighted by atomic mass is 10.1. The molecule has 1 N–H and O–H groups in total. The van der Waals surface area contributed by atoms with Crippen molar-refractivity contribution in [1.82, 2.24) is 5.32 Å². The van der Waals surface area contributed by atoms with Gasteiger partial charge in [-0.3, -0.25) is 5.32 Å². The molecule has 0 saturated carbocycles. The second-order valence-corrected chi connectivity index (χ2v) is 1.82. The van der Waals surface area contributed by atoms with Gasteiger partial charge in [-0.1, -0.05) is 0 Å². The normalized spacial score (nSPS) is 37.0. The minimum Gasteiger partial charge on any atom is -0.344 e. The molecule has 1 heterocycles. The second kappa shape index (κ2) is 1.73. The van der Waals surface area contributed by atoms with Crippen LogP contribution in [0.15, 0.2) is 0 Å². The number of hydrogen-bond acceptors (Lipinski definition) is 3. The lowest BCUT2D eigenvalue weighted by Gasteiger charge is -2.08. The monoisotopic (exact) mass is 111 g/mol. The summed E-state index contributed by atoms with van der Waals surface area (Å²) in [6.07, 6.45) is 0. The molecule has 1 saturated heterocycles. The van der Waals surface area contributed by atoms with Gasteiger partial charge in [-0.2, -0.15) is 5.26 Å². The van der Waals surface area contributed by atoms with Crippen LogP contribution in [0.4, 0.5) is 0 Å². The van der Waals surface area contributed by atoms with Gasteiger partial charge in [0.1, 0.15) is 0 Å². The fraction of sp³-hybridized carbons (Fsp3) is 0.600. The Bertz CT molecular complexity index is 121. The highest BCUT2D eigenvalue weighted by molar-refractivity contribution is 5.07. The molecule has 43 valence electrons. The van der Waals surface area contributed by atoms with Crippen molar-refractivity contribution >= 4 is 0 Å². The van der Waals surface area contributed by atoms with Gasteiger partial charge >= 0.3 is 0 Å². The van der Waals surface area contributed by atoms with Gasteiger partial charge in [0.05, 0.1) is 12.8 Å². The number of hydrogen-bond donors (Lipinski definition) is 1. The van der Waals surface area contributed by atoms with E-state index in [1.807, 2.05) is 6.07 Å². The zero-order valence-electron chi connectivity index (χ0n) is 4.48. The van der Waals surface area contributed by atoms with Crippen LogP contribution in [0, 0.1) is 18.3 Å². The Morgan fingerprint density at radius 2 is 2.62 bits per heavy atom. The molecule has 1 unspecified atom stereocenters.